The van der Waals surface area contributed by atoms with Gasteiger partial charge in [0.25, 0.3) is 5.91 Å². The number of nitrogen functional groups attached to an aromatic ring is 1. The molecule has 0 unspecified atom stereocenters. The van der Waals surface area contributed by atoms with Crippen LogP contribution < -0.4 is 15.4 Å². The summed E-state index contributed by atoms with van der Waals surface area (Å²) < 4.78 is 13.5. The first-order chi connectivity index (χ1) is 23.5. The van der Waals surface area contributed by atoms with Gasteiger partial charge in [0.05, 0.1) is 36.2 Å². The number of amides is 1. The van der Waals surface area contributed by atoms with E-state index >= 15 is 0 Å². The number of ether oxygens (including phenoxy) is 2. The minimum Gasteiger partial charge on any atom is -0.497 e. The summed E-state index contributed by atoms with van der Waals surface area (Å²) >= 11 is 9.62. The molecule has 1 amide bonds. The molecule has 11 heteroatoms. The molecular weight excluding hydrogens is 708 g/mol. The lowest BCUT2D eigenvalue weighted by molar-refractivity contribution is -0.116. The fourth-order valence-corrected chi connectivity index (χ4v) is 7.44. The number of hydrogen-bond donors (Lipinski definition) is 1. The normalized spacial score (nSPS) is 13.5. The van der Waals surface area contributed by atoms with E-state index in [1.165, 1.54) is 39.0 Å². The van der Waals surface area contributed by atoms with Crippen molar-refractivity contribution in [1.82, 2.24) is 9.47 Å². The predicted octanol–water partition coefficient (Wildman–Crippen LogP) is 8.40. The van der Waals surface area contributed by atoms with E-state index in [2.05, 4.69) is 27.8 Å². The van der Waals surface area contributed by atoms with Gasteiger partial charge in [-0.25, -0.2) is 4.79 Å². The van der Waals surface area contributed by atoms with Gasteiger partial charge in [0.2, 0.25) is 5.91 Å². The van der Waals surface area contributed by atoms with Gasteiger partial charge in [0.15, 0.2) is 0 Å². The van der Waals surface area contributed by atoms with Crippen LogP contribution in [-0.2, 0) is 16.1 Å². The van der Waals surface area contributed by atoms with E-state index in [0.29, 0.717) is 73.4 Å². The zero-order valence-corrected chi connectivity index (χ0v) is 30.9. The molecule has 9 nitrogen and oxygen atoms in total. The molecule has 5 rings (SSSR count). The Morgan fingerprint density at radius 1 is 1.02 bits per heavy atom. The van der Waals surface area contributed by atoms with Crippen molar-refractivity contribution >= 4 is 67.6 Å². The van der Waals surface area contributed by atoms with Crippen molar-refractivity contribution in [3.05, 3.63) is 86.5 Å². The highest BCUT2D eigenvalue weighted by Gasteiger charge is 2.26. The first-order valence-electron chi connectivity index (χ1n) is 16.8. The third kappa shape index (κ3) is 8.14. The second-order valence-electron chi connectivity index (χ2n) is 12.5. The highest BCUT2D eigenvalue weighted by Crippen LogP contribution is 2.37. The number of rotatable bonds is 12. The Bertz CT molecular complexity index is 1830. The highest BCUT2D eigenvalue weighted by atomic mass is 79.9. The van der Waals surface area contributed by atoms with E-state index in [1.54, 1.807) is 53.0 Å². The maximum absolute atomic E-state index is 13.8. The summed E-state index contributed by atoms with van der Waals surface area (Å²) in [5, 5.41) is 1.22. The summed E-state index contributed by atoms with van der Waals surface area (Å²) in [7, 11) is 1.57. The fourth-order valence-electron chi connectivity index (χ4n) is 6.82. The van der Waals surface area contributed by atoms with Crippen molar-refractivity contribution < 1.29 is 23.9 Å². The van der Waals surface area contributed by atoms with Crippen LogP contribution in [-0.4, -0.2) is 60.1 Å². The van der Waals surface area contributed by atoms with Gasteiger partial charge in [0.1, 0.15) is 5.75 Å². The Morgan fingerprint density at radius 2 is 1.73 bits per heavy atom. The Morgan fingerprint density at radius 3 is 2.39 bits per heavy atom. The second-order valence-corrected chi connectivity index (χ2v) is 13.8. The maximum Gasteiger partial charge on any atom is 0.338 e. The lowest BCUT2D eigenvalue weighted by Crippen LogP contribution is -2.36. The molecule has 0 bridgehead atoms. The fraction of sp³-hybridized carbons (Fsp3) is 0.395. The average molecular weight is 752 g/mol. The molecule has 1 heterocycles. The number of nitrogens with zero attached hydrogens (tertiary/aromatic N) is 3. The minimum absolute atomic E-state index is 0.0911. The third-order valence-corrected chi connectivity index (χ3v) is 10.3. The molecule has 1 aromatic heterocycles. The molecule has 0 atom stereocenters. The molecule has 0 radical (unpaired) electrons. The number of nitrogens with two attached hydrogens (primary N) is 1. The van der Waals surface area contributed by atoms with Crippen molar-refractivity contribution in [3.8, 4) is 5.75 Å². The number of hydrogen-bond acceptors (Lipinski definition) is 7. The summed E-state index contributed by atoms with van der Waals surface area (Å²) in [5.41, 5.74) is 10.7. The van der Waals surface area contributed by atoms with E-state index in [4.69, 9.17) is 26.8 Å². The number of fused-ring (bicyclic) bond motifs is 1. The van der Waals surface area contributed by atoms with Crippen LogP contribution in [0.3, 0.4) is 0 Å². The first-order valence-corrected chi connectivity index (χ1v) is 18.0. The third-order valence-electron chi connectivity index (χ3n) is 9.40. The number of anilines is 2. The molecule has 4 aromatic rings. The molecule has 0 saturated heterocycles. The topological polar surface area (TPSA) is 107 Å². The van der Waals surface area contributed by atoms with Crippen LogP contribution in [0.2, 0.25) is 5.02 Å². The molecule has 0 aliphatic heterocycles. The molecule has 3 aromatic carbocycles. The first kappa shape index (κ1) is 36.4. The number of aromatic nitrogens is 1. The van der Waals surface area contributed by atoms with Crippen LogP contribution in [0, 0.1) is 6.92 Å². The molecule has 1 saturated carbocycles. The second kappa shape index (κ2) is 16.2. The molecule has 260 valence electrons. The Balaban J connectivity index is 1.33. The van der Waals surface area contributed by atoms with E-state index < -0.39 is 5.97 Å². The smallest absolute Gasteiger partial charge is 0.338 e. The van der Waals surface area contributed by atoms with Crippen molar-refractivity contribution in [2.24, 2.45) is 0 Å². The van der Waals surface area contributed by atoms with Crippen LogP contribution in [0.25, 0.3) is 10.9 Å². The number of carbonyl (C=O) groups is 3. The lowest BCUT2D eigenvalue weighted by Gasteiger charge is -2.34. The Labute approximate surface area is 301 Å². The van der Waals surface area contributed by atoms with Crippen molar-refractivity contribution in [3.63, 3.8) is 0 Å². The van der Waals surface area contributed by atoms with Crippen molar-refractivity contribution in [2.45, 2.75) is 71.9 Å². The number of carbonyl (C=O) groups excluding carboxylic acids is 3. The largest absolute Gasteiger partial charge is 0.497 e. The van der Waals surface area contributed by atoms with Gasteiger partial charge < -0.3 is 20.1 Å². The van der Waals surface area contributed by atoms with Crippen molar-refractivity contribution in [2.75, 3.05) is 37.4 Å². The molecule has 2 N–H and O–H groups in total. The van der Waals surface area contributed by atoms with Crippen LogP contribution in [0.4, 0.5) is 11.4 Å². The van der Waals surface area contributed by atoms with Gasteiger partial charge in [-0.15, -0.1) is 0 Å². The molecular formula is C38H44BrClN4O5. The van der Waals surface area contributed by atoms with E-state index in [1.807, 2.05) is 25.1 Å². The quantitative estimate of drug-likeness (QED) is 0.0881. The number of benzene rings is 3. The van der Waals surface area contributed by atoms with Crippen LogP contribution >= 0.6 is 27.5 Å². The van der Waals surface area contributed by atoms with Gasteiger partial charge in [-0.3, -0.25) is 19.1 Å². The van der Waals surface area contributed by atoms with E-state index in [-0.39, 0.29) is 25.0 Å². The lowest BCUT2D eigenvalue weighted by atomic mass is 9.93. The van der Waals surface area contributed by atoms with E-state index in [9.17, 15) is 14.4 Å². The Hall–Kier alpha value is -3.86. The molecule has 1 aliphatic carbocycles. The van der Waals surface area contributed by atoms with Gasteiger partial charge >= 0.3 is 5.97 Å². The molecule has 49 heavy (non-hydrogen) atoms. The van der Waals surface area contributed by atoms with Gasteiger partial charge in [0, 0.05) is 52.2 Å². The Kier molecular flexibility index (Phi) is 12.1. The number of methoxy groups -OCH3 is 1. The van der Waals surface area contributed by atoms with E-state index in [0.717, 1.165) is 12.1 Å². The zero-order valence-electron chi connectivity index (χ0n) is 28.6. The van der Waals surface area contributed by atoms with Crippen LogP contribution in [0.5, 0.6) is 5.75 Å². The summed E-state index contributed by atoms with van der Waals surface area (Å²) in [6.07, 6.45) is 6.51. The zero-order chi connectivity index (χ0) is 35.2. The van der Waals surface area contributed by atoms with Gasteiger partial charge in [-0.1, -0.05) is 37.8 Å². The molecule has 1 fully saturated rings. The summed E-state index contributed by atoms with van der Waals surface area (Å²) in [6, 6.07) is 16.2. The van der Waals surface area contributed by atoms with Gasteiger partial charge in [-0.2, -0.15) is 0 Å². The molecule has 0 spiro atoms. The summed E-state index contributed by atoms with van der Waals surface area (Å²) in [6.45, 7) is 7.38. The maximum atomic E-state index is 13.8. The molecule has 1 aliphatic rings. The predicted molar refractivity (Wildman–Crippen MR) is 199 cm³/mol. The monoisotopic (exact) mass is 750 g/mol. The average Bonchev–Trinajstić information content (AvgIpc) is 3.39. The minimum atomic E-state index is -0.455. The summed E-state index contributed by atoms with van der Waals surface area (Å²) in [5.74, 6) is -0.316. The van der Waals surface area contributed by atoms with Crippen LogP contribution in [0.1, 0.15) is 84.3 Å². The highest BCUT2D eigenvalue weighted by molar-refractivity contribution is 9.10. The number of halogens is 2. The number of esters is 1. The SMILES string of the molecule is CCN(Cc1cc(C(=O)OCCCN(C(C)=O)c2c(C)n(C(=O)c3ccc(Cl)cc3)c3ccc(OC)cc23)cc(Br)c1N)C1CCCCC1. The van der Waals surface area contributed by atoms with Crippen LogP contribution in [0.15, 0.2) is 59.1 Å². The van der Waals surface area contributed by atoms with Crippen molar-refractivity contribution in [1.29, 1.82) is 0 Å². The summed E-state index contributed by atoms with van der Waals surface area (Å²) in [4.78, 5) is 44.2. The van der Waals surface area contributed by atoms with Gasteiger partial charge in [-0.05, 0) is 109 Å². The standard InChI is InChI=1S/C38H44BrClN4O5/c1-5-42(30-10-7-6-8-11-30)23-28-20-27(21-33(39)35(28)41)38(47)49-19-9-18-43(25(3)45)36-24(2)44(34-17-16-31(48-4)22-32(34)36)37(46)26-12-14-29(40)15-13-26/h12-17,20-22,30H,5-11,18-19,23,41H2,1-4H3.